The fourth-order valence-corrected chi connectivity index (χ4v) is 0.586. The van der Waals surface area contributed by atoms with Crippen molar-refractivity contribution < 1.29 is 18.0 Å². The first-order valence-electron chi connectivity index (χ1n) is 3.18. The summed E-state index contributed by atoms with van der Waals surface area (Å²) < 4.78 is 36.2. The molecule has 0 fully saturated rings. The van der Waals surface area contributed by atoms with Crippen molar-refractivity contribution in [1.82, 2.24) is 4.90 Å². The summed E-state index contributed by atoms with van der Waals surface area (Å²) in [7, 11) is 2.44. The van der Waals surface area contributed by atoms with Crippen LogP contribution in [0.5, 0.6) is 0 Å². The van der Waals surface area contributed by atoms with Gasteiger partial charge in [-0.15, -0.1) is 0 Å². The maximum atomic E-state index is 12.1. The number of hydrogen-bond donors (Lipinski definition) is 1. The first kappa shape index (κ1) is 11.2. The topological polar surface area (TPSA) is 46.3 Å². The highest BCUT2D eigenvalue weighted by Crippen LogP contribution is 2.28. The van der Waals surface area contributed by atoms with Gasteiger partial charge in [-0.25, -0.2) is 0 Å². The van der Waals surface area contributed by atoms with Crippen molar-refractivity contribution in [2.75, 3.05) is 14.1 Å². The van der Waals surface area contributed by atoms with Crippen LogP contribution in [0.15, 0.2) is 0 Å². The van der Waals surface area contributed by atoms with Crippen molar-refractivity contribution in [3.63, 3.8) is 0 Å². The second-order valence-corrected chi connectivity index (χ2v) is 2.90. The van der Waals surface area contributed by atoms with Gasteiger partial charge in [-0.05, 0) is 6.92 Å². The van der Waals surface area contributed by atoms with Crippen LogP contribution in [0, 0.1) is 0 Å². The fourth-order valence-electron chi connectivity index (χ4n) is 0.586. The van der Waals surface area contributed by atoms with Gasteiger partial charge in [-0.2, -0.15) is 13.2 Å². The Morgan fingerprint density at radius 3 is 1.75 bits per heavy atom. The molecule has 72 valence electrons. The molecule has 12 heavy (non-hydrogen) atoms. The van der Waals surface area contributed by atoms with Crippen LogP contribution < -0.4 is 5.73 Å². The standard InChI is InChI=1S/C6H11F3N2O/c1-5(10,6(7,8)9)4(12)11(2)3/h10H2,1-3H3/t5-/m0/s1. The van der Waals surface area contributed by atoms with E-state index in [9.17, 15) is 18.0 Å². The second kappa shape index (κ2) is 2.93. The lowest BCUT2D eigenvalue weighted by molar-refractivity contribution is -0.192. The smallest absolute Gasteiger partial charge is 0.347 e. The van der Waals surface area contributed by atoms with Crippen molar-refractivity contribution in [2.24, 2.45) is 5.73 Å². The maximum absolute atomic E-state index is 12.1. The molecule has 0 aromatic carbocycles. The largest absolute Gasteiger partial charge is 0.415 e. The SMILES string of the molecule is CN(C)C(=O)[C@](C)(N)C(F)(F)F. The highest BCUT2D eigenvalue weighted by atomic mass is 19.4. The van der Waals surface area contributed by atoms with E-state index < -0.39 is 17.6 Å². The van der Waals surface area contributed by atoms with Crippen LogP contribution in [0.1, 0.15) is 6.92 Å². The van der Waals surface area contributed by atoms with E-state index in [1.165, 1.54) is 14.1 Å². The summed E-state index contributed by atoms with van der Waals surface area (Å²) in [5.41, 5.74) is 2.03. The molecule has 0 aliphatic carbocycles. The van der Waals surface area contributed by atoms with Crippen LogP contribution in [0.4, 0.5) is 13.2 Å². The lowest BCUT2D eigenvalue weighted by atomic mass is 10.0. The average molecular weight is 184 g/mol. The van der Waals surface area contributed by atoms with Crippen LogP contribution in [0.25, 0.3) is 0 Å². The number of nitrogens with two attached hydrogens (primary N) is 1. The highest BCUT2D eigenvalue weighted by Gasteiger charge is 2.54. The van der Waals surface area contributed by atoms with Gasteiger partial charge < -0.3 is 10.6 Å². The Balaban J connectivity index is 4.74. The number of rotatable bonds is 1. The molecule has 0 radical (unpaired) electrons. The Labute approximate surface area is 68.3 Å². The van der Waals surface area contributed by atoms with Gasteiger partial charge in [0.15, 0.2) is 5.54 Å². The van der Waals surface area contributed by atoms with Gasteiger partial charge in [0.1, 0.15) is 0 Å². The second-order valence-electron chi connectivity index (χ2n) is 2.90. The predicted octanol–water partition coefficient (Wildman–Crippen LogP) is 0.354. The van der Waals surface area contributed by atoms with E-state index in [-0.39, 0.29) is 0 Å². The Bertz CT molecular complexity index is 186. The third-order valence-corrected chi connectivity index (χ3v) is 1.44. The minimum atomic E-state index is -4.71. The lowest BCUT2D eigenvalue weighted by Crippen LogP contribution is -2.60. The summed E-state index contributed by atoms with van der Waals surface area (Å²) in [4.78, 5) is 11.7. The van der Waals surface area contributed by atoms with E-state index in [2.05, 4.69) is 0 Å². The van der Waals surface area contributed by atoms with Crippen LogP contribution in [0.2, 0.25) is 0 Å². The number of carbonyl (C=O) groups excluding carboxylic acids is 1. The number of alkyl halides is 3. The molecule has 0 aromatic heterocycles. The fraction of sp³-hybridized carbons (Fsp3) is 0.833. The van der Waals surface area contributed by atoms with Crippen LogP contribution in [-0.2, 0) is 4.79 Å². The molecule has 0 bridgehead atoms. The monoisotopic (exact) mass is 184 g/mol. The third-order valence-electron chi connectivity index (χ3n) is 1.44. The summed E-state index contributed by atoms with van der Waals surface area (Å²) in [5, 5.41) is 0. The maximum Gasteiger partial charge on any atom is 0.415 e. The molecule has 0 aliphatic rings. The average Bonchev–Trinajstić information content (AvgIpc) is 1.83. The molecule has 3 nitrogen and oxygen atoms in total. The van der Waals surface area contributed by atoms with Crippen molar-refractivity contribution in [2.45, 2.75) is 18.6 Å². The van der Waals surface area contributed by atoms with Crippen LogP contribution in [0.3, 0.4) is 0 Å². The first-order chi connectivity index (χ1) is 5.10. The zero-order chi connectivity index (χ0) is 10.2. The van der Waals surface area contributed by atoms with Gasteiger partial charge >= 0.3 is 6.18 Å². The molecule has 0 saturated heterocycles. The molecular weight excluding hydrogens is 173 g/mol. The number of amides is 1. The zero-order valence-corrected chi connectivity index (χ0v) is 7.07. The lowest BCUT2D eigenvalue weighted by Gasteiger charge is -2.28. The van der Waals surface area contributed by atoms with Gasteiger partial charge in [0.05, 0.1) is 0 Å². The van der Waals surface area contributed by atoms with E-state index >= 15 is 0 Å². The molecule has 1 amide bonds. The van der Waals surface area contributed by atoms with Gasteiger partial charge in [-0.3, -0.25) is 4.79 Å². The van der Waals surface area contributed by atoms with Crippen molar-refractivity contribution >= 4 is 5.91 Å². The minimum Gasteiger partial charge on any atom is -0.347 e. The molecule has 0 unspecified atom stereocenters. The summed E-state index contributed by atoms with van der Waals surface area (Å²) >= 11 is 0. The summed E-state index contributed by atoms with van der Waals surface area (Å²) in [6.07, 6.45) is -4.71. The Kier molecular flexibility index (Phi) is 2.74. The van der Waals surface area contributed by atoms with E-state index in [1.807, 2.05) is 0 Å². The molecule has 0 aliphatic heterocycles. The van der Waals surface area contributed by atoms with Gasteiger partial charge in [0.2, 0.25) is 0 Å². The van der Waals surface area contributed by atoms with E-state index in [1.54, 1.807) is 0 Å². The first-order valence-corrected chi connectivity index (χ1v) is 3.18. The Hall–Kier alpha value is -0.780. The number of hydrogen-bond acceptors (Lipinski definition) is 2. The van der Waals surface area contributed by atoms with Crippen molar-refractivity contribution in [1.29, 1.82) is 0 Å². The molecule has 0 heterocycles. The molecule has 2 N–H and O–H groups in total. The molecule has 0 aromatic rings. The molecule has 1 atom stereocenters. The molecule has 0 saturated carbocycles. The summed E-state index contributed by atoms with van der Waals surface area (Å²) in [6.45, 7) is 0.648. The number of likely N-dealkylation sites (N-methyl/N-ethyl adjacent to an activating group) is 1. The molecule has 6 heteroatoms. The van der Waals surface area contributed by atoms with Crippen molar-refractivity contribution in [3.8, 4) is 0 Å². The van der Waals surface area contributed by atoms with Crippen molar-refractivity contribution in [3.05, 3.63) is 0 Å². The van der Waals surface area contributed by atoms with Crippen LogP contribution >= 0.6 is 0 Å². The van der Waals surface area contributed by atoms with Gasteiger partial charge in [0, 0.05) is 14.1 Å². The Morgan fingerprint density at radius 2 is 1.67 bits per heavy atom. The minimum absolute atomic E-state index is 0.648. The molecular formula is C6H11F3N2O. The third kappa shape index (κ3) is 1.88. The van der Waals surface area contributed by atoms with E-state index in [0.717, 1.165) is 4.90 Å². The zero-order valence-electron chi connectivity index (χ0n) is 7.07. The summed E-state index contributed by atoms with van der Waals surface area (Å²) in [6, 6.07) is 0. The molecule has 0 spiro atoms. The predicted molar refractivity (Wildman–Crippen MR) is 37.3 cm³/mol. The van der Waals surface area contributed by atoms with Gasteiger partial charge in [0.25, 0.3) is 5.91 Å². The van der Waals surface area contributed by atoms with Crippen LogP contribution in [-0.4, -0.2) is 36.6 Å². The Morgan fingerprint density at radius 1 is 1.33 bits per heavy atom. The number of nitrogens with zero attached hydrogens (tertiary/aromatic N) is 1. The molecule has 0 rings (SSSR count). The van der Waals surface area contributed by atoms with E-state index in [0.29, 0.717) is 6.92 Å². The normalized spacial score (nSPS) is 16.9. The van der Waals surface area contributed by atoms with E-state index in [4.69, 9.17) is 5.73 Å². The van der Waals surface area contributed by atoms with Gasteiger partial charge in [-0.1, -0.05) is 0 Å². The quantitative estimate of drug-likeness (QED) is 0.639. The number of carbonyl (C=O) groups is 1. The summed E-state index contributed by atoms with van der Waals surface area (Å²) in [5.74, 6) is -1.16. The highest BCUT2D eigenvalue weighted by molar-refractivity contribution is 5.86. The number of halogens is 3.